The maximum Gasteiger partial charge on any atom is 0.365 e. The summed E-state index contributed by atoms with van der Waals surface area (Å²) in [6.07, 6.45) is -3.85. The van der Waals surface area contributed by atoms with Gasteiger partial charge in [0.2, 0.25) is 0 Å². The Hall–Kier alpha value is -1.68. The molecular weight excluding hydrogens is 246 g/mol. The number of aromatic nitrogens is 2. The fraction of sp³-hybridized carbons (Fsp3) is 0.556. The SMILES string of the molecule is N=c1ccn([C@@H]2O[C@H](CO)[C@@H](O)[C@@H]2O)c(=O)n1O. The van der Waals surface area contributed by atoms with Crippen molar-refractivity contribution in [1.82, 2.24) is 9.30 Å². The van der Waals surface area contributed by atoms with Gasteiger partial charge in [-0.15, -0.1) is 4.73 Å². The molecule has 1 aliphatic heterocycles. The summed E-state index contributed by atoms with van der Waals surface area (Å²) < 4.78 is 6.04. The molecule has 18 heavy (non-hydrogen) atoms. The van der Waals surface area contributed by atoms with Gasteiger partial charge in [-0.2, -0.15) is 0 Å². The van der Waals surface area contributed by atoms with E-state index in [-0.39, 0.29) is 4.73 Å². The molecule has 1 aliphatic rings. The molecule has 0 aliphatic carbocycles. The minimum atomic E-state index is -1.42. The molecule has 1 aromatic heterocycles. The van der Waals surface area contributed by atoms with Gasteiger partial charge in [0.05, 0.1) is 6.61 Å². The first kappa shape index (κ1) is 12.8. The predicted octanol–water partition coefficient (Wildman–Crippen LogP) is -3.02. The van der Waals surface area contributed by atoms with Crippen molar-refractivity contribution in [2.24, 2.45) is 0 Å². The van der Waals surface area contributed by atoms with Gasteiger partial charge in [0, 0.05) is 12.3 Å². The van der Waals surface area contributed by atoms with Crippen LogP contribution in [0, 0.1) is 5.41 Å². The summed E-state index contributed by atoms with van der Waals surface area (Å²) in [6, 6.07) is 1.12. The van der Waals surface area contributed by atoms with Crippen LogP contribution in [0.15, 0.2) is 17.1 Å². The lowest BCUT2D eigenvalue weighted by atomic mass is 10.1. The maximum atomic E-state index is 11.6. The quantitative estimate of drug-likeness (QED) is 0.358. The molecule has 0 spiro atoms. The summed E-state index contributed by atoms with van der Waals surface area (Å²) in [7, 11) is 0. The second-order valence-electron chi connectivity index (χ2n) is 3.93. The first-order chi connectivity index (χ1) is 8.47. The zero-order valence-corrected chi connectivity index (χ0v) is 9.17. The topological polar surface area (TPSA) is 141 Å². The van der Waals surface area contributed by atoms with E-state index in [9.17, 15) is 20.2 Å². The van der Waals surface area contributed by atoms with Crippen molar-refractivity contribution in [2.45, 2.75) is 24.5 Å². The summed E-state index contributed by atoms with van der Waals surface area (Å²) >= 11 is 0. The molecule has 9 nitrogen and oxygen atoms in total. The monoisotopic (exact) mass is 259 g/mol. The van der Waals surface area contributed by atoms with E-state index in [4.69, 9.17) is 15.3 Å². The van der Waals surface area contributed by atoms with Crippen molar-refractivity contribution in [2.75, 3.05) is 6.61 Å². The van der Waals surface area contributed by atoms with Gasteiger partial charge in [0.25, 0.3) is 0 Å². The number of aliphatic hydroxyl groups is 3. The van der Waals surface area contributed by atoms with Gasteiger partial charge in [-0.3, -0.25) is 9.98 Å². The molecule has 100 valence electrons. The van der Waals surface area contributed by atoms with E-state index < -0.39 is 42.3 Å². The molecule has 0 aromatic carbocycles. The Labute approximate surface area is 100 Å². The third-order valence-electron chi connectivity index (χ3n) is 2.81. The van der Waals surface area contributed by atoms with Crippen molar-refractivity contribution in [3.8, 4) is 0 Å². The van der Waals surface area contributed by atoms with Crippen LogP contribution in [0.4, 0.5) is 0 Å². The molecule has 4 atom stereocenters. The lowest BCUT2D eigenvalue weighted by molar-refractivity contribution is -0.0579. The molecule has 0 radical (unpaired) electrons. The summed E-state index contributed by atoms with van der Waals surface area (Å²) in [5.74, 6) is 0. The Bertz CT molecular complexity index is 552. The highest BCUT2D eigenvalue weighted by Gasteiger charge is 2.43. The summed E-state index contributed by atoms with van der Waals surface area (Å²) in [4.78, 5) is 11.6. The van der Waals surface area contributed by atoms with Crippen LogP contribution in [-0.2, 0) is 4.74 Å². The smallest absolute Gasteiger partial charge is 0.365 e. The standard InChI is InChI=1S/C9H13N3O6/c10-5-1-2-11(9(16)12(5)17)8-7(15)6(14)4(3-13)18-8/h1-2,4,6-8,10,13-15,17H,3H2/t4-,6-,7+,8-/m1/s1. The highest BCUT2D eigenvalue weighted by atomic mass is 16.6. The molecule has 2 rings (SSSR count). The predicted molar refractivity (Wildman–Crippen MR) is 54.7 cm³/mol. The van der Waals surface area contributed by atoms with Crippen LogP contribution in [0.25, 0.3) is 0 Å². The van der Waals surface area contributed by atoms with Gasteiger partial charge in [-0.25, -0.2) is 4.79 Å². The van der Waals surface area contributed by atoms with Crippen molar-refractivity contribution < 1.29 is 25.3 Å². The van der Waals surface area contributed by atoms with E-state index in [1.165, 1.54) is 0 Å². The van der Waals surface area contributed by atoms with Crippen molar-refractivity contribution in [3.63, 3.8) is 0 Å². The Balaban J connectivity index is 2.42. The lowest BCUT2D eigenvalue weighted by Crippen LogP contribution is -2.42. The average molecular weight is 259 g/mol. The second kappa shape index (κ2) is 4.53. The van der Waals surface area contributed by atoms with E-state index in [0.29, 0.717) is 0 Å². The first-order valence-corrected chi connectivity index (χ1v) is 5.18. The molecule has 0 bridgehead atoms. The van der Waals surface area contributed by atoms with E-state index in [0.717, 1.165) is 16.8 Å². The minimum Gasteiger partial charge on any atom is -0.422 e. The fourth-order valence-electron chi connectivity index (χ4n) is 1.80. The maximum absolute atomic E-state index is 11.6. The van der Waals surface area contributed by atoms with Crippen LogP contribution in [0.3, 0.4) is 0 Å². The Morgan fingerprint density at radius 1 is 1.39 bits per heavy atom. The number of rotatable bonds is 2. The summed E-state index contributed by atoms with van der Waals surface area (Å²) in [6.45, 7) is -0.515. The number of nitrogens with zero attached hydrogens (tertiary/aromatic N) is 2. The zero-order chi connectivity index (χ0) is 13.4. The van der Waals surface area contributed by atoms with Gasteiger partial charge in [-0.1, -0.05) is 0 Å². The van der Waals surface area contributed by atoms with Crippen molar-refractivity contribution >= 4 is 0 Å². The number of nitrogens with one attached hydrogen (secondary N) is 1. The molecule has 0 amide bonds. The Morgan fingerprint density at radius 2 is 2.06 bits per heavy atom. The van der Waals surface area contributed by atoms with Gasteiger partial charge < -0.3 is 25.3 Å². The van der Waals surface area contributed by atoms with Gasteiger partial charge in [-0.05, 0) is 0 Å². The van der Waals surface area contributed by atoms with Crippen molar-refractivity contribution in [1.29, 1.82) is 5.41 Å². The average Bonchev–Trinajstić information content (AvgIpc) is 2.64. The Kier molecular flexibility index (Phi) is 3.22. The zero-order valence-electron chi connectivity index (χ0n) is 9.17. The second-order valence-corrected chi connectivity index (χ2v) is 3.93. The summed E-state index contributed by atoms with van der Waals surface area (Å²) in [5, 5.41) is 44.6. The number of ether oxygens (including phenoxy) is 1. The highest BCUT2D eigenvalue weighted by Crippen LogP contribution is 2.27. The Morgan fingerprint density at radius 3 is 2.61 bits per heavy atom. The summed E-state index contributed by atoms with van der Waals surface area (Å²) in [5.41, 5.74) is -1.42. The molecule has 1 saturated heterocycles. The van der Waals surface area contributed by atoms with Crippen LogP contribution in [-0.4, -0.2) is 54.7 Å². The molecule has 0 unspecified atom stereocenters. The third kappa shape index (κ3) is 1.82. The third-order valence-corrected chi connectivity index (χ3v) is 2.81. The van der Waals surface area contributed by atoms with Crippen LogP contribution in [0.2, 0.25) is 0 Å². The molecule has 2 heterocycles. The van der Waals surface area contributed by atoms with E-state index >= 15 is 0 Å². The first-order valence-electron chi connectivity index (χ1n) is 5.18. The van der Waals surface area contributed by atoms with Crippen LogP contribution >= 0.6 is 0 Å². The highest BCUT2D eigenvalue weighted by molar-refractivity contribution is 4.92. The number of hydrogen-bond donors (Lipinski definition) is 5. The minimum absolute atomic E-state index is 0.0781. The van der Waals surface area contributed by atoms with Gasteiger partial charge >= 0.3 is 5.69 Å². The van der Waals surface area contributed by atoms with E-state index in [2.05, 4.69) is 0 Å². The molecule has 1 fully saturated rings. The normalized spacial score (nSPS) is 31.7. The van der Waals surface area contributed by atoms with Gasteiger partial charge in [0.15, 0.2) is 11.7 Å². The van der Waals surface area contributed by atoms with Crippen molar-refractivity contribution in [3.05, 3.63) is 28.2 Å². The van der Waals surface area contributed by atoms with Crippen LogP contribution in [0.1, 0.15) is 6.23 Å². The largest absolute Gasteiger partial charge is 0.422 e. The molecule has 1 aromatic rings. The van der Waals surface area contributed by atoms with E-state index in [1.807, 2.05) is 0 Å². The van der Waals surface area contributed by atoms with Crippen LogP contribution in [0.5, 0.6) is 0 Å². The van der Waals surface area contributed by atoms with E-state index in [1.54, 1.807) is 0 Å². The molecular formula is C9H13N3O6. The fourth-order valence-corrected chi connectivity index (χ4v) is 1.80. The van der Waals surface area contributed by atoms with Crippen LogP contribution < -0.4 is 11.2 Å². The lowest BCUT2D eigenvalue weighted by Gasteiger charge is -2.17. The number of hydrogen-bond acceptors (Lipinski definition) is 7. The number of aliphatic hydroxyl groups excluding tert-OH is 3. The molecule has 9 heteroatoms. The molecule has 0 saturated carbocycles. The van der Waals surface area contributed by atoms with Gasteiger partial charge in [0.1, 0.15) is 18.3 Å². The molecule has 5 N–H and O–H groups in total.